The molecule has 4 rings (SSSR count). The molecule has 3 aromatic heterocycles. The molecule has 4 heterocycles. The number of sulfonamides is 1. The minimum absolute atomic E-state index is 0.102. The van der Waals surface area contributed by atoms with Crippen molar-refractivity contribution in [2.75, 3.05) is 0 Å². The number of nitrogens with one attached hydrogen (secondary N) is 1. The van der Waals surface area contributed by atoms with Gasteiger partial charge in [0.25, 0.3) is 10.0 Å². The number of nitrogens with zero attached hydrogens (tertiary/aromatic N) is 5. The second-order valence-corrected chi connectivity index (χ2v) is 10.5. The fourth-order valence-corrected chi connectivity index (χ4v) is 5.77. The Hall–Kier alpha value is -3.30. The summed E-state index contributed by atoms with van der Waals surface area (Å²) in [6.45, 7) is 1.07. The Morgan fingerprint density at radius 1 is 1.13 bits per heavy atom. The SMILES string of the molecule is C[C@H]1[C@H](F)C[C@@H](C(=O)NCc2cc(-c3cnc(C(F)(F)F)nc3)ncc2Cl)N1S(=O)(=O)c1ccc(F)cn1. The molecule has 0 bridgehead atoms. The van der Waals surface area contributed by atoms with E-state index in [9.17, 15) is 35.2 Å². The Balaban J connectivity index is 1.53. The van der Waals surface area contributed by atoms with E-state index in [4.69, 9.17) is 11.6 Å². The normalized spacial score (nSPS) is 20.4. The molecule has 1 amide bonds. The van der Waals surface area contributed by atoms with Gasteiger partial charge in [0.2, 0.25) is 11.7 Å². The Kier molecular flexibility index (Phi) is 7.63. The highest BCUT2D eigenvalue weighted by Gasteiger charge is 2.49. The number of carbonyl (C=O) groups is 1. The van der Waals surface area contributed by atoms with Crippen molar-refractivity contribution < 1.29 is 35.2 Å². The van der Waals surface area contributed by atoms with Crippen molar-refractivity contribution in [1.82, 2.24) is 29.6 Å². The highest BCUT2D eigenvalue weighted by Crippen LogP contribution is 2.33. The molecule has 202 valence electrons. The number of carbonyl (C=O) groups excluding carboxylic acids is 1. The molecule has 1 aliphatic heterocycles. The van der Waals surface area contributed by atoms with Crippen molar-refractivity contribution in [3.8, 4) is 11.3 Å². The van der Waals surface area contributed by atoms with E-state index in [0.717, 1.165) is 24.5 Å². The second-order valence-electron chi connectivity index (χ2n) is 8.33. The van der Waals surface area contributed by atoms with Crippen LogP contribution in [0.2, 0.25) is 5.02 Å². The monoisotopic (exact) mass is 576 g/mol. The Morgan fingerprint density at radius 2 is 1.82 bits per heavy atom. The van der Waals surface area contributed by atoms with Crippen LogP contribution in [0.1, 0.15) is 24.7 Å². The van der Waals surface area contributed by atoms with Gasteiger partial charge in [-0.25, -0.2) is 32.2 Å². The van der Waals surface area contributed by atoms with Gasteiger partial charge in [-0.05, 0) is 30.7 Å². The summed E-state index contributed by atoms with van der Waals surface area (Å²) in [5, 5.41) is 2.07. The van der Waals surface area contributed by atoms with Gasteiger partial charge >= 0.3 is 6.18 Å². The second kappa shape index (κ2) is 10.5. The Bertz CT molecular complexity index is 1440. The molecule has 0 aromatic carbocycles. The lowest BCUT2D eigenvalue weighted by Gasteiger charge is -2.26. The number of hydrogen-bond donors (Lipinski definition) is 1. The van der Waals surface area contributed by atoms with Crippen LogP contribution in [0.15, 0.2) is 48.0 Å². The number of rotatable bonds is 6. The molecular formula is C22H18ClF5N6O3S. The maximum Gasteiger partial charge on any atom is 0.451 e. The van der Waals surface area contributed by atoms with Gasteiger partial charge in [0.05, 0.1) is 23.0 Å². The van der Waals surface area contributed by atoms with Gasteiger partial charge in [0.15, 0.2) is 5.03 Å². The highest BCUT2D eigenvalue weighted by molar-refractivity contribution is 7.89. The molecule has 1 N–H and O–H groups in total. The van der Waals surface area contributed by atoms with Crippen molar-refractivity contribution in [1.29, 1.82) is 0 Å². The first-order valence-electron chi connectivity index (χ1n) is 10.9. The number of aromatic nitrogens is 4. The summed E-state index contributed by atoms with van der Waals surface area (Å²) in [5.74, 6) is -2.92. The zero-order valence-electron chi connectivity index (χ0n) is 19.3. The molecule has 3 aromatic rings. The topological polar surface area (TPSA) is 118 Å². The van der Waals surface area contributed by atoms with Gasteiger partial charge in [-0.15, -0.1) is 0 Å². The molecule has 38 heavy (non-hydrogen) atoms. The van der Waals surface area contributed by atoms with Crippen LogP contribution in [0.3, 0.4) is 0 Å². The molecule has 1 saturated heterocycles. The number of halogens is 6. The third-order valence-corrected chi connectivity index (χ3v) is 8.07. The first-order valence-corrected chi connectivity index (χ1v) is 12.7. The fraction of sp³-hybridized carbons (Fsp3) is 0.318. The number of alkyl halides is 4. The van der Waals surface area contributed by atoms with Gasteiger partial charge in [-0.3, -0.25) is 9.78 Å². The lowest BCUT2D eigenvalue weighted by Crippen LogP contribution is -2.48. The molecule has 3 atom stereocenters. The van der Waals surface area contributed by atoms with E-state index < -0.39 is 63.5 Å². The van der Waals surface area contributed by atoms with Crippen LogP contribution >= 0.6 is 11.6 Å². The molecule has 1 aliphatic rings. The van der Waals surface area contributed by atoms with Gasteiger partial charge in [0.1, 0.15) is 18.0 Å². The van der Waals surface area contributed by atoms with E-state index in [2.05, 4.69) is 25.3 Å². The van der Waals surface area contributed by atoms with Gasteiger partial charge in [-0.2, -0.15) is 17.5 Å². The van der Waals surface area contributed by atoms with Gasteiger partial charge < -0.3 is 5.32 Å². The molecule has 9 nitrogen and oxygen atoms in total. The van der Waals surface area contributed by atoms with E-state index in [1.54, 1.807) is 0 Å². The smallest absolute Gasteiger partial charge is 0.351 e. The maximum atomic E-state index is 14.6. The molecule has 0 radical (unpaired) electrons. The van der Waals surface area contributed by atoms with Crippen LogP contribution in [-0.4, -0.2) is 56.8 Å². The van der Waals surface area contributed by atoms with Crippen LogP contribution < -0.4 is 5.32 Å². The van der Waals surface area contributed by atoms with E-state index in [0.29, 0.717) is 16.1 Å². The quantitative estimate of drug-likeness (QED) is 0.446. The van der Waals surface area contributed by atoms with Crippen molar-refractivity contribution in [3.05, 3.63) is 65.2 Å². The summed E-state index contributed by atoms with van der Waals surface area (Å²) < 4.78 is 92.9. The summed E-state index contributed by atoms with van der Waals surface area (Å²) >= 11 is 6.15. The van der Waals surface area contributed by atoms with Crippen LogP contribution in [0.4, 0.5) is 22.0 Å². The molecule has 16 heteroatoms. The van der Waals surface area contributed by atoms with E-state index in [1.165, 1.54) is 19.2 Å². The van der Waals surface area contributed by atoms with Crippen molar-refractivity contribution in [2.45, 2.75) is 49.3 Å². The summed E-state index contributed by atoms with van der Waals surface area (Å²) in [6.07, 6.45) is -3.03. The highest BCUT2D eigenvalue weighted by atomic mass is 35.5. The molecule has 0 unspecified atom stereocenters. The lowest BCUT2D eigenvalue weighted by molar-refractivity contribution is -0.145. The summed E-state index contributed by atoms with van der Waals surface area (Å²) in [5.41, 5.74) is 0.607. The predicted octanol–water partition coefficient (Wildman–Crippen LogP) is 3.55. The zero-order chi connectivity index (χ0) is 27.8. The van der Waals surface area contributed by atoms with E-state index >= 15 is 0 Å². The number of pyridine rings is 2. The molecule has 0 aliphatic carbocycles. The molecule has 0 spiro atoms. The minimum atomic E-state index is -4.72. The van der Waals surface area contributed by atoms with Crippen LogP contribution in [0.5, 0.6) is 0 Å². The number of amides is 1. The Morgan fingerprint density at radius 3 is 2.42 bits per heavy atom. The Labute approximate surface area is 218 Å². The predicted molar refractivity (Wildman–Crippen MR) is 123 cm³/mol. The minimum Gasteiger partial charge on any atom is -0.351 e. The lowest BCUT2D eigenvalue weighted by atomic mass is 10.1. The first kappa shape index (κ1) is 27.7. The van der Waals surface area contributed by atoms with Crippen molar-refractivity contribution in [3.63, 3.8) is 0 Å². The zero-order valence-corrected chi connectivity index (χ0v) is 20.9. The average molecular weight is 577 g/mol. The largest absolute Gasteiger partial charge is 0.451 e. The standard InChI is InChI=1S/C22H18ClF5N6O3S/c1-11-16(25)5-18(34(11)38(36,37)19-3-2-14(24)9-30-19)20(35)31-6-12-4-17(29-10-15(12)23)13-7-32-21(33-8-13)22(26,27)28/h2-4,7-11,16,18H,5-6H2,1H3,(H,31,35)/t11-,16+,18-/m0/s1. The maximum absolute atomic E-state index is 14.6. The fourth-order valence-electron chi connectivity index (χ4n) is 3.87. The molecule has 0 saturated carbocycles. The third kappa shape index (κ3) is 5.59. The van der Waals surface area contributed by atoms with Crippen LogP contribution in [0.25, 0.3) is 11.3 Å². The van der Waals surface area contributed by atoms with Gasteiger partial charge in [-0.1, -0.05) is 11.6 Å². The van der Waals surface area contributed by atoms with Crippen LogP contribution in [-0.2, 0) is 27.5 Å². The molecular weight excluding hydrogens is 559 g/mol. The van der Waals surface area contributed by atoms with Crippen LogP contribution in [0, 0.1) is 5.82 Å². The first-order chi connectivity index (χ1) is 17.8. The van der Waals surface area contributed by atoms with E-state index in [1.807, 2.05) is 0 Å². The van der Waals surface area contributed by atoms with Crippen molar-refractivity contribution in [2.24, 2.45) is 0 Å². The van der Waals surface area contributed by atoms with Gasteiger partial charge in [0, 0.05) is 37.1 Å². The average Bonchev–Trinajstić information content (AvgIpc) is 3.18. The third-order valence-electron chi connectivity index (χ3n) is 5.81. The summed E-state index contributed by atoms with van der Waals surface area (Å²) in [6, 6.07) is 0.563. The van der Waals surface area contributed by atoms with E-state index in [-0.39, 0.29) is 22.8 Å². The number of hydrogen-bond acceptors (Lipinski definition) is 7. The molecule has 1 fully saturated rings. The summed E-state index contributed by atoms with van der Waals surface area (Å²) in [4.78, 5) is 27.1. The van der Waals surface area contributed by atoms with Crippen molar-refractivity contribution >= 4 is 27.5 Å². The summed E-state index contributed by atoms with van der Waals surface area (Å²) in [7, 11) is -4.46.